The second kappa shape index (κ2) is 11.6. The summed E-state index contributed by atoms with van der Waals surface area (Å²) >= 11 is 12.7. The molecule has 4 aromatic rings. The number of carboxylic acid groups (broad SMARTS) is 1. The molecule has 3 aliphatic heterocycles. The molecule has 0 unspecified atom stereocenters. The van der Waals surface area contributed by atoms with Gasteiger partial charge in [0.2, 0.25) is 0 Å². The lowest BCUT2D eigenvalue weighted by molar-refractivity contribution is -0.0592. The summed E-state index contributed by atoms with van der Waals surface area (Å²) in [5.74, 6) is 0.499. The molecule has 1 aromatic heterocycles. The van der Waals surface area contributed by atoms with Gasteiger partial charge in [0.1, 0.15) is 23.5 Å². The molecule has 222 valence electrons. The van der Waals surface area contributed by atoms with E-state index in [4.69, 9.17) is 37.7 Å². The number of fused-ring (bicyclic) bond motifs is 2. The van der Waals surface area contributed by atoms with Gasteiger partial charge in [-0.15, -0.1) is 0 Å². The molecule has 1 N–H and O–H groups in total. The Morgan fingerprint density at radius 1 is 1.05 bits per heavy atom. The number of likely N-dealkylation sites (tertiary alicyclic amines) is 1. The number of piperidine rings is 1. The smallest absolute Gasteiger partial charge is 0.335 e. The van der Waals surface area contributed by atoms with E-state index in [1.165, 1.54) is 6.07 Å². The summed E-state index contributed by atoms with van der Waals surface area (Å²) in [6, 6.07) is 15.7. The SMILES string of the molecule is O=C(O)c1ccc2nc(CN3CCC(c4cccc5c4O[C@H](c4ccc(Cl)cc4F)C=C5Cl)CC3)n(C[C@@H]3CCO3)c2c1. The summed E-state index contributed by atoms with van der Waals surface area (Å²) in [5, 5.41) is 10.4. The van der Waals surface area contributed by atoms with Gasteiger partial charge in [0.05, 0.1) is 40.8 Å². The summed E-state index contributed by atoms with van der Waals surface area (Å²) < 4.78 is 29.0. The van der Waals surface area contributed by atoms with Crippen molar-refractivity contribution in [2.24, 2.45) is 0 Å². The minimum atomic E-state index is -0.952. The molecule has 3 aromatic carbocycles. The fourth-order valence-electron chi connectivity index (χ4n) is 6.33. The van der Waals surface area contributed by atoms with Crippen molar-refractivity contribution in [1.29, 1.82) is 0 Å². The number of para-hydroxylation sites is 1. The van der Waals surface area contributed by atoms with E-state index < -0.39 is 17.9 Å². The lowest BCUT2D eigenvalue weighted by atomic mass is 9.87. The second-order valence-electron chi connectivity index (χ2n) is 11.4. The van der Waals surface area contributed by atoms with Crippen LogP contribution in [0.15, 0.2) is 60.7 Å². The monoisotopic (exact) mass is 621 g/mol. The fourth-order valence-corrected chi connectivity index (χ4v) is 6.75. The number of benzene rings is 3. The molecule has 7 rings (SSSR count). The first-order valence-electron chi connectivity index (χ1n) is 14.5. The number of nitrogens with zero attached hydrogens (tertiary/aromatic N) is 3. The zero-order valence-electron chi connectivity index (χ0n) is 23.3. The average Bonchev–Trinajstić information content (AvgIpc) is 3.31. The third-order valence-electron chi connectivity index (χ3n) is 8.76. The van der Waals surface area contributed by atoms with Gasteiger partial charge in [0.25, 0.3) is 0 Å². The molecular formula is C33H30Cl2FN3O4. The highest BCUT2D eigenvalue weighted by Gasteiger charge is 2.31. The number of carboxylic acids is 1. The first kappa shape index (κ1) is 28.3. The number of carbonyl (C=O) groups is 1. The Hall–Kier alpha value is -3.43. The van der Waals surface area contributed by atoms with E-state index in [-0.39, 0.29) is 17.6 Å². The molecule has 0 radical (unpaired) electrons. The van der Waals surface area contributed by atoms with Gasteiger partial charge in [-0.3, -0.25) is 4.90 Å². The molecule has 0 bridgehead atoms. The second-order valence-corrected chi connectivity index (χ2v) is 12.3. The maximum atomic E-state index is 14.8. The van der Waals surface area contributed by atoms with Crippen LogP contribution in [0.25, 0.3) is 16.1 Å². The Morgan fingerprint density at radius 3 is 2.58 bits per heavy atom. The van der Waals surface area contributed by atoms with Gasteiger partial charge in [0, 0.05) is 22.8 Å². The van der Waals surface area contributed by atoms with Crippen LogP contribution >= 0.6 is 23.2 Å². The molecule has 2 fully saturated rings. The van der Waals surface area contributed by atoms with Crippen LogP contribution in [0, 0.1) is 5.82 Å². The highest BCUT2D eigenvalue weighted by molar-refractivity contribution is 6.49. The Balaban J connectivity index is 1.10. The van der Waals surface area contributed by atoms with Crippen molar-refractivity contribution in [2.45, 2.75) is 50.5 Å². The molecule has 0 saturated carbocycles. The summed E-state index contributed by atoms with van der Waals surface area (Å²) in [6.45, 7) is 3.78. The van der Waals surface area contributed by atoms with E-state index in [1.54, 1.807) is 36.4 Å². The maximum absolute atomic E-state index is 14.8. The molecule has 0 spiro atoms. The van der Waals surface area contributed by atoms with Crippen LogP contribution in [-0.2, 0) is 17.8 Å². The van der Waals surface area contributed by atoms with E-state index in [9.17, 15) is 14.3 Å². The van der Waals surface area contributed by atoms with Gasteiger partial charge in [-0.2, -0.15) is 0 Å². The predicted octanol–water partition coefficient (Wildman–Crippen LogP) is 7.41. The Bertz CT molecular complexity index is 1740. The van der Waals surface area contributed by atoms with Crippen molar-refractivity contribution in [3.8, 4) is 5.75 Å². The van der Waals surface area contributed by atoms with Crippen LogP contribution in [0.5, 0.6) is 5.75 Å². The fraction of sp³-hybridized carbons (Fsp3) is 0.333. The van der Waals surface area contributed by atoms with E-state index in [2.05, 4.69) is 15.5 Å². The van der Waals surface area contributed by atoms with Crippen molar-refractivity contribution in [1.82, 2.24) is 14.5 Å². The quantitative estimate of drug-likeness (QED) is 0.231. The van der Waals surface area contributed by atoms with E-state index >= 15 is 0 Å². The van der Waals surface area contributed by atoms with E-state index in [0.29, 0.717) is 34.5 Å². The van der Waals surface area contributed by atoms with Crippen LogP contribution in [0.4, 0.5) is 4.39 Å². The summed E-state index contributed by atoms with van der Waals surface area (Å²) in [5.41, 5.74) is 4.16. The molecule has 7 nitrogen and oxygen atoms in total. The van der Waals surface area contributed by atoms with Crippen molar-refractivity contribution in [3.05, 3.63) is 99.6 Å². The molecule has 4 heterocycles. The molecule has 3 aliphatic rings. The topological polar surface area (TPSA) is 76.8 Å². The molecule has 10 heteroatoms. The number of imidazole rings is 1. The molecule has 43 heavy (non-hydrogen) atoms. The number of aromatic nitrogens is 2. The molecule has 2 saturated heterocycles. The lowest BCUT2D eigenvalue weighted by Gasteiger charge is -2.34. The normalized spacial score (nSPS) is 20.8. The number of halogens is 3. The lowest BCUT2D eigenvalue weighted by Crippen LogP contribution is -2.35. The number of aromatic carboxylic acids is 1. The zero-order valence-corrected chi connectivity index (χ0v) is 24.8. The van der Waals surface area contributed by atoms with Crippen LogP contribution in [-0.4, -0.2) is 51.3 Å². The van der Waals surface area contributed by atoms with Crippen LogP contribution in [0.1, 0.15) is 64.2 Å². The minimum absolute atomic E-state index is 0.116. The van der Waals surface area contributed by atoms with Gasteiger partial charge in [-0.25, -0.2) is 14.2 Å². The molecule has 2 atom stereocenters. The minimum Gasteiger partial charge on any atom is -0.480 e. The first-order chi connectivity index (χ1) is 20.8. The predicted molar refractivity (Wildman–Crippen MR) is 163 cm³/mol. The maximum Gasteiger partial charge on any atom is 0.335 e. The van der Waals surface area contributed by atoms with E-state index in [0.717, 1.165) is 66.9 Å². The van der Waals surface area contributed by atoms with Crippen LogP contribution in [0.3, 0.4) is 0 Å². The highest BCUT2D eigenvalue weighted by atomic mass is 35.5. The van der Waals surface area contributed by atoms with Gasteiger partial charge in [-0.05, 0) is 86.3 Å². The molecule has 0 amide bonds. The van der Waals surface area contributed by atoms with Crippen molar-refractivity contribution >= 4 is 45.2 Å². The Morgan fingerprint density at radius 2 is 1.86 bits per heavy atom. The standard InChI is InChI=1S/C33H30Cl2FN3O4/c34-21-5-6-25(27(36)15-21)30-16-26(35)24-3-1-2-23(32(24)43-30)19-8-11-38(12-9-19)18-31-37-28-7-4-20(33(40)41)14-29(28)39(31)17-22-10-13-42-22/h1-7,14-16,19,22,30H,8-13,17-18H2,(H,40,41)/t22-,30-/m0/s1. The average molecular weight is 623 g/mol. The summed E-state index contributed by atoms with van der Waals surface area (Å²) in [7, 11) is 0. The van der Waals surface area contributed by atoms with Crippen molar-refractivity contribution in [2.75, 3.05) is 19.7 Å². The molecular weight excluding hydrogens is 592 g/mol. The third kappa shape index (κ3) is 5.53. The van der Waals surface area contributed by atoms with Gasteiger partial charge < -0.3 is 19.1 Å². The number of rotatable bonds is 7. The summed E-state index contributed by atoms with van der Waals surface area (Å²) in [4.78, 5) is 18.9. The zero-order chi connectivity index (χ0) is 29.7. The van der Waals surface area contributed by atoms with E-state index in [1.807, 2.05) is 12.1 Å². The highest BCUT2D eigenvalue weighted by Crippen LogP contribution is 2.46. The van der Waals surface area contributed by atoms with Gasteiger partial charge >= 0.3 is 5.97 Å². The largest absolute Gasteiger partial charge is 0.480 e. The summed E-state index contributed by atoms with van der Waals surface area (Å²) in [6.07, 6.45) is 4.02. The Kier molecular flexibility index (Phi) is 7.63. The van der Waals surface area contributed by atoms with Crippen LogP contribution in [0.2, 0.25) is 5.02 Å². The molecule has 0 aliphatic carbocycles. The number of hydrogen-bond acceptors (Lipinski definition) is 5. The third-order valence-corrected chi connectivity index (χ3v) is 9.33. The van der Waals surface area contributed by atoms with Gasteiger partial charge in [0.15, 0.2) is 0 Å². The van der Waals surface area contributed by atoms with Gasteiger partial charge in [-0.1, -0.05) is 41.4 Å². The number of hydrogen-bond donors (Lipinski definition) is 1. The number of ether oxygens (including phenoxy) is 2. The Labute approximate surface area is 258 Å². The van der Waals surface area contributed by atoms with Crippen molar-refractivity contribution < 1.29 is 23.8 Å². The van der Waals surface area contributed by atoms with Crippen LogP contribution < -0.4 is 4.74 Å². The first-order valence-corrected chi connectivity index (χ1v) is 15.3. The van der Waals surface area contributed by atoms with Crippen molar-refractivity contribution in [3.63, 3.8) is 0 Å².